The lowest BCUT2D eigenvalue weighted by Crippen LogP contribution is -1.95. The second kappa shape index (κ2) is 8.17. The monoisotopic (exact) mass is 465 g/mol. The van der Waals surface area contributed by atoms with Crippen molar-refractivity contribution in [2.75, 3.05) is 0 Å². The molecule has 7 rings (SSSR count). The van der Waals surface area contributed by atoms with Crippen LogP contribution in [-0.4, -0.2) is 44.9 Å². The van der Waals surface area contributed by atoms with Crippen molar-refractivity contribution >= 4 is 32.3 Å². The van der Waals surface area contributed by atoms with Crippen molar-refractivity contribution in [1.82, 2.24) is 44.9 Å². The molecule has 168 valence electrons. The minimum absolute atomic E-state index is 0.574. The average molecular weight is 465 g/mol. The standard InChI is InChI=1S/C27H15N9/c1-2-4-20-18(3-1)22(26-33-12-29-13-34-26)7-16-5-6-19-21(24(16)20)8-17(25-31-10-28-11-32-25)9-23(19)27-35-14-30-15-36-27/h1-15H. The summed E-state index contributed by atoms with van der Waals surface area (Å²) in [5, 5.41) is 6.36. The van der Waals surface area contributed by atoms with Gasteiger partial charge in [0, 0.05) is 16.7 Å². The molecular formula is C27H15N9. The topological polar surface area (TPSA) is 116 Å². The second-order valence-electron chi connectivity index (χ2n) is 8.14. The van der Waals surface area contributed by atoms with Crippen molar-refractivity contribution in [2.45, 2.75) is 0 Å². The Balaban J connectivity index is 1.64. The van der Waals surface area contributed by atoms with Gasteiger partial charge in [0.25, 0.3) is 0 Å². The van der Waals surface area contributed by atoms with Gasteiger partial charge in [0.1, 0.15) is 38.0 Å². The molecule has 0 amide bonds. The first kappa shape index (κ1) is 20.1. The van der Waals surface area contributed by atoms with Gasteiger partial charge in [-0.15, -0.1) is 0 Å². The molecule has 0 aliphatic heterocycles. The fraction of sp³-hybridized carbons (Fsp3) is 0. The molecule has 0 saturated heterocycles. The van der Waals surface area contributed by atoms with Gasteiger partial charge < -0.3 is 0 Å². The third-order valence-electron chi connectivity index (χ3n) is 6.17. The van der Waals surface area contributed by atoms with E-state index in [2.05, 4.69) is 81.3 Å². The number of hydrogen-bond acceptors (Lipinski definition) is 9. The summed E-state index contributed by atoms with van der Waals surface area (Å²) < 4.78 is 0. The van der Waals surface area contributed by atoms with E-state index in [9.17, 15) is 0 Å². The summed E-state index contributed by atoms with van der Waals surface area (Å²) in [4.78, 5) is 38.4. The Hall–Kier alpha value is -5.31. The lowest BCUT2D eigenvalue weighted by Gasteiger charge is -2.15. The highest BCUT2D eigenvalue weighted by atomic mass is 15.0. The Kier molecular flexibility index (Phi) is 4.56. The van der Waals surface area contributed by atoms with Gasteiger partial charge in [-0.05, 0) is 50.5 Å². The maximum absolute atomic E-state index is 4.43. The molecule has 3 heterocycles. The van der Waals surface area contributed by atoms with E-state index in [-0.39, 0.29) is 0 Å². The quantitative estimate of drug-likeness (QED) is 0.342. The SMILES string of the molecule is c1ccc2c(c1)c(-c1ncncn1)cc1ccc3c(-c4ncncn4)cc(-c4ncncn4)cc3c12. The summed E-state index contributed by atoms with van der Waals surface area (Å²) in [5.74, 6) is 1.79. The van der Waals surface area contributed by atoms with E-state index in [0.717, 1.165) is 49.0 Å². The van der Waals surface area contributed by atoms with Crippen LogP contribution < -0.4 is 0 Å². The van der Waals surface area contributed by atoms with Crippen LogP contribution in [0, 0.1) is 0 Å². The largest absolute Gasteiger partial charge is 0.225 e. The first-order valence-electron chi connectivity index (χ1n) is 11.2. The van der Waals surface area contributed by atoms with E-state index in [1.54, 1.807) is 0 Å². The van der Waals surface area contributed by atoms with Crippen LogP contribution in [0.4, 0.5) is 0 Å². The van der Waals surface area contributed by atoms with E-state index in [1.165, 1.54) is 38.0 Å². The Bertz CT molecular complexity index is 1880. The number of rotatable bonds is 3. The highest BCUT2D eigenvalue weighted by Crippen LogP contribution is 2.40. The summed E-state index contributed by atoms with van der Waals surface area (Å²) >= 11 is 0. The molecule has 9 heteroatoms. The zero-order valence-corrected chi connectivity index (χ0v) is 18.7. The number of hydrogen-bond donors (Lipinski definition) is 0. The highest BCUT2D eigenvalue weighted by Gasteiger charge is 2.17. The Morgan fingerprint density at radius 1 is 0.417 bits per heavy atom. The third kappa shape index (κ3) is 3.22. The van der Waals surface area contributed by atoms with Gasteiger partial charge in [-0.3, -0.25) is 0 Å². The van der Waals surface area contributed by atoms with Crippen LogP contribution in [0.5, 0.6) is 0 Å². The fourth-order valence-corrected chi connectivity index (χ4v) is 4.69. The summed E-state index contributed by atoms with van der Waals surface area (Å²) in [6.45, 7) is 0. The summed E-state index contributed by atoms with van der Waals surface area (Å²) in [7, 11) is 0. The van der Waals surface area contributed by atoms with E-state index in [4.69, 9.17) is 0 Å². The average Bonchev–Trinajstić information content (AvgIpc) is 2.97. The number of aromatic nitrogens is 9. The Labute approximate surface area is 204 Å². The van der Waals surface area contributed by atoms with Crippen molar-refractivity contribution in [2.24, 2.45) is 0 Å². The molecule has 0 N–H and O–H groups in total. The van der Waals surface area contributed by atoms with Crippen LogP contribution in [0.3, 0.4) is 0 Å². The van der Waals surface area contributed by atoms with Crippen LogP contribution in [-0.2, 0) is 0 Å². The van der Waals surface area contributed by atoms with Gasteiger partial charge in [0.15, 0.2) is 17.5 Å². The van der Waals surface area contributed by atoms with Crippen molar-refractivity contribution in [3.8, 4) is 34.2 Å². The van der Waals surface area contributed by atoms with E-state index in [0.29, 0.717) is 17.5 Å². The van der Waals surface area contributed by atoms with Crippen LogP contribution >= 0.6 is 0 Å². The van der Waals surface area contributed by atoms with Gasteiger partial charge in [-0.2, -0.15) is 0 Å². The van der Waals surface area contributed by atoms with E-state index < -0.39 is 0 Å². The minimum Gasteiger partial charge on any atom is -0.225 e. The summed E-state index contributed by atoms with van der Waals surface area (Å²) in [6.07, 6.45) is 9.03. The van der Waals surface area contributed by atoms with Crippen LogP contribution in [0.1, 0.15) is 0 Å². The van der Waals surface area contributed by atoms with E-state index in [1.807, 2.05) is 18.2 Å². The molecule has 36 heavy (non-hydrogen) atoms. The molecule has 3 aromatic heterocycles. The molecule has 7 aromatic rings. The molecule has 0 saturated carbocycles. The van der Waals surface area contributed by atoms with Crippen LogP contribution in [0.2, 0.25) is 0 Å². The Morgan fingerprint density at radius 3 is 1.58 bits per heavy atom. The molecule has 4 aromatic carbocycles. The first-order chi connectivity index (χ1) is 17.9. The van der Waals surface area contributed by atoms with Crippen molar-refractivity contribution in [3.63, 3.8) is 0 Å². The lowest BCUT2D eigenvalue weighted by atomic mass is 9.90. The molecule has 0 spiro atoms. The normalized spacial score (nSPS) is 11.3. The van der Waals surface area contributed by atoms with Gasteiger partial charge in [0.05, 0.1) is 0 Å². The number of nitrogens with zero attached hydrogens (tertiary/aromatic N) is 9. The fourth-order valence-electron chi connectivity index (χ4n) is 4.69. The van der Waals surface area contributed by atoms with Gasteiger partial charge in [-0.1, -0.05) is 36.4 Å². The molecule has 0 fully saturated rings. The van der Waals surface area contributed by atoms with Crippen molar-refractivity contribution < 1.29 is 0 Å². The maximum Gasteiger partial charge on any atom is 0.163 e. The predicted octanol–water partition coefficient (Wildman–Crippen LogP) is 4.70. The molecule has 0 unspecified atom stereocenters. The molecule has 9 nitrogen and oxygen atoms in total. The highest BCUT2D eigenvalue weighted by molar-refractivity contribution is 6.25. The van der Waals surface area contributed by atoms with Gasteiger partial charge in [-0.25, -0.2) is 44.9 Å². The second-order valence-corrected chi connectivity index (χ2v) is 8.14. The van der Waals surface area contributed by atoms with Gasteiger partial charge >= 0.3 is 0 Å². The van der Waals surface area contributed by atoms with Crippen LogP contribution in [0.15, 0.2) is 92.6 Å². The molecule has 0 aliphatic carbocycles. The maximum atomic E-state index is 4.43. The number of benzene rings is 4. The predicted molar refractivity (Wildman–Crippen MR) is 135 cm³/mol. The minimum atomic E-state index is 0.574. The van der Waals surface area contributed by atoms with E-state index >= 15 is 0 Å². The van der Waals surface area contributed by atoms with Crippen LogP contribution in [0.25, 0.3) is 66.5 Å². The molecule has 0 radical (unpaired) electrons. The smallest absolute Gasteiger partial charge is 0.163 e. The molecule has 0 bridgehead atoms. The van der Waals surface area contributed by atoms with Crippen molar-refractivity contribution in [1.29, 1.82) is 0 Å². The zero-order chi connectivity index (χ0) is 23.9. The zero-order valence-electron chi connectivity index (χ0n) is 18.7. The lowest BCUT2D eigenvalue weighted by molar-refractivity contribution is 1.05. The molecular weight excluding hydrogens is 450 g/mol. The molecule has 0 atom stereocenters. The summed E-state index contributed by atoms with van der Waals surface area (Å²) in [5.41, 5.74) is 2.67. The molecule has 0 aliphatic rings. The summed E-state index contributed by atoms with van der Waals surface area (Å²) in [6, 6.07) is 18.8. The Morgan fingerprint density at radius 2 is 0.944 bits per heavy atom. The number of fused-ring (bicyclic) bond motifs is 5. The third-order valence-corrected chi connectivity index (χ3v) is 6.17. The van der Waals surface area contributed by atoms with Crippen molar-refractivity contribution in [3.05, 3.63) is 92.6 Å². The van der Waals surface area contributed by atoms with Gasteiger partial charge in [0.2, 0.25) is 0 Å². The first-order valence-corrected chi connectivity index (χ1v) is 11.2.